The van der Waals surface area contributed by atoms with Crippen LogP contribution in [0.25, 0.3) is 11.1 Å². The molecular formula is C23H32N2O5S. The van der Waals surface area contributed by atoms with Crippen LogP contribution in [0.3, 0.4) is 0 Å². The molecule has 0 unspecified atom stereocenters. The minimum Gasteiger partial charge on any atom is -0.497 e. The van der Waals surface area contributed by atoms with Crippen molar-refractivity contribution in [2.45, 2.75) is 30.9 Å². The number of hydrogen-bond acceptors (Lipinski definition) is 6. The van der Waals surface area contributed by atoms with Crippen LogP contribution in [0.5, 0.6) is 11.5 Å². The Bertz CT molecular complexity index is 1010. The van der Waals surface area contributed by atoms with Crippen LogP contribution >= 0.6 is 0 Å². The van der Waals surface area contributed by atoms with Gasteiger partial charge in [0.1, 0.15) is 22.5 Å². The van der Waals surface area contributed by atoms with Crippen LogP contribution in [0, 0.1) is 5.92 Å². The van der Waals surface area contributed by atoms with Crippen LogP contribution < -0.4 is 9.47 Å². The van der Waals surface area contributed by atoms with E-state index in [9.17, 15) is 13.5 Å². The van der Waals surface area contributed by atoms with Crippen LogP contribution in [0.2, 0.25) is 0 Å². The summed E-state index contributed by atoms with van der Waals surface area (Å²) in [5, 5.41) is 9.71. The molecule has 0 radical (unpaired) electrons. The van der Waals surface area contributed by atoms with E-state index in [0.29, 0.717) is 12.3 Å². The molecule has 2 aromatic rings. The Kier molecular flexibility index (Phi) is 7.26. The van der Waals surface area contributed by atoms with Crippen LogP contribution in [0.15, 0.2) is 47.4 Å². The highest BCUT2D eigenvalue weighted by Gasteiger charge is 2.37. The molecule has 7 nitrogen and oxygen atoms in total. The molecule has 8 heteroatoms. The Morgan fingerprint density at radius 3 is 2.58 bits per heavy atom. The third kappa shape index (κ3) is 5.03. The molecule has 0 saturated carbocycles. The smallest absolute Gasteiger partial charge is 0.247 e. The number of likely N-dealkylation sites (N-methyl/N-ethyl adjacent to an activating group) is 1. The highest BCUT2D eigenvalue weighted by atomic mass is 32.2. The average molecular weight is 449 g/mol. The molecule has 0 aliphatic carbocycles. The zero-order valence-electron chi connectivity index (χ0n) is 18.8. The van der Waals surface area contributed by atoms with E-state index in [1.54, 1.807) is 32.2 Å². The Morgan fingerprint density at radius 2 is 1.94 bits per heavy atom. The van der Waals surface area contributed by atoms with Gasteiger partial charge in [-0.1, -0.05) is 25.1 Å². The molecule has 0 aromatic heterocycles. The van der Waals surface area contributed by atoms with Gasteiger partial charge >= 0.3 is 0 Å². The molecule has 0 saturated heterocycles. The topological polar surface area (TPSA) is 79.3 Å². The first-order valence-electron chi connectivity index (χ1n) is 10.4. The van der Waals surface area contributed by atoms with Crippen molar-refractivity contribution in [3.8, 4) is 22.6 Å². The number of rotatable bonds is 6. The minimum atomic E-state index is -3.84. The highest BCUT2D eigenvalue weighted by Crippen LogP contribution is 2.37. The highest BCUT2D eigenvalue weighted by molar-refractivity contribution is 7.89. The number of ether oxygens (including phenoxy) is 2. The quantitative estimate of drug-likeness (QED) is 0.732. The van der Waals surface area contributed by atoms with Gasteiger partial charge in [-0.2, -0.15) is 4.31 Å². The van der Waals surface area contributed by atoms with E-state index < -0.39 is 16.1 Å². The number of sulfonamides is 1. The monoisotopic (exact) mass is 448 g/mol. The van der Waals surface area contributed by atoms with Crippen LogP contribution in [0.4, 0.5) is 0 Å². The standard InChI is InChI=1S/C23H32N2O5S/c1-16-13-25(17(2)15-26)31(27,28)23-10-9-19(18-7-6-8-20(11-18)29-5)12-21(23)30-22(16)14-24(3)4/h6-12,16-17,22,26H,13-15H2,1-5H3/t16-,17+,22-/m1/s1. The second kappa shape index (κ2) is 9.56. The maximum Gasteiger partial charge on any atom is 0.247 e. The summed E-state index contributed by atoms with van der Waals surface area (Å²) in [5.41, 5.74) is 1.74. The fourth-order valence-electron chi connectivity index (χ4n) is 3.79. The SMILES string of the molecule is COc1cccc(-c2ccc3c(c2)O[C@H](CN(C)C)[C@H](C)CN([C@@H](C)CO)S3(=O)=O)c1. The number of methoxy groups -OCH3 is 1. The molecule has 0 amide bonds. The summed E-state index contributed by atoms with van der Waals surface area (Å²) in [4.78, 5) is 2.15. The molecule has 170 valence electrons. The maximum absolute atomic E-state index is 13.5. The van der Waals surface area contributed by atoms with Crippen molar-refractivity contribution in [2.75, 3.05) is 40.9 Å². The second-order valence-corrected chi connectivity index (χ2v) is 10.3. The van der Waals surface area contributed by atoms with Gasteiger partial charge in [-0.25, -0.2) is 8.42 Å². The van der Waals surface area contributed by atoms with E-state index in [4.69, 9.17) is 9.47 Å². The Balaban J connectivity index is 2.15. The number of fused-ring (bicyclic) bond motifs is 1. The zero-order valence-corrected chi connectivity index (χ0v) is 19.6. The summed E-state index contributed by atoms with van der Waals surface area (Å²) in [5.74, 6) is 0.980. The van der Waals surface area contributed by atoms with E-state index >= 15 is 0 Å². The summed E-state index contributed by atoms with van der Waals surface area (Å²) in [6, 6.07) is 12.2. The third-order valence-electron chi connectivity index (χ3n) is 5.62. The average Bonchev–Trinajstić information content (AvgIpc) is 2.75. The summed E-state index contributed by atoms with van der Waals surface area (Å²) in [7, 11) is 1.70. The van der Waals surface area contributed by atoms with Gasteiger partial charge in [-0.05, 0) is 56.4 Å². The summed E-state index contributed by atoms with van der Waals surface area (Å²) < 4.78 is 40.1. The van der Waals surface area contributed by atoms with Crippen molar-refractivity contribution in [3.05, 3.63) is 42.5 Å². The van der Waals surface area contributed by atoms with Crippen molar-refractivity contribution in [1.29, 1.82) is 0 Å². The van der Waals surface area contributed by atoms with Crippen molar-refractivity contribution in [3.63, 3.8) is 0 Å². The molecule has 1 aliphatic rings. The molecular weight excluding hydrogens is 416 g/mol. The first kappa shape index (κ1) is 23.5. The fraction of sp³-hybridized carbons (Fsp3) is 0.478. The lowest BCUT2D eigenvalue weighted by molar-refractivity contribution is 0.0813. The molecule has 0 spiro atoms. The lowest BCUT2D eigenvalue weighted by Crippen LogP contribution is -2.49. The van der Waals surface area contributed by atoms with E-state index in [2.05, 4.69) is 0 Å². The van der Waals surface area contributed by atoms with Crippen molar-refractivity contribution >= 4 is 10.0 Å². The Morgan fingerprint density at radius 1 is 1.23 bits per heavy atom. The van der Waals surface area contributed by atoms with Gasteiger partial charge in [0.2, 0.25) is 10.0 Å². The summed E-state index contributed by atoms with van der Waals surface area (Å²) in [6.45, 7) is 4.38. The molecule has 1 heterocycles. The van der Waals surface area contributed by atoms with Gasteiger partial charge < -0.3 is 19.5 Å². The van der Waals surface area contributed by atoms with E-state index in [0.717, 1.165) is 16.9 Å². The molecule has 31 heavy (non-hydrogen) atoms. The van der Waals surface area contributed by atoms with Gasteiger partial charge in [-0.3, -0.25) is 0 Å². The first-order valence-corrected chi connectivity index (χ1v) is 11.8. The van der Waals surface area contributed by atoms with Gasteiger partial charge in [0.25, 0.3) is 0 Å². The molecule has 0 fully saturated rings. The molecule has 1 aliphatic heterocycles. The number of aliphatic hydroxyl groups excluding tert-OH is 1. The minimum absolute atomic E-state index is 0.0696. The lowest BCUT2D eigenvalue weighted by atomic mass is 10.0. The van der Waals surface area contributed by atoms with Crippen LogP contribution in [-0.4, -0.2) is 75.8 Å². The summed E-state index contributed by atoms with van der Waals surface area (Å²) >= 11 is 0. The van der Waals surface area contributed by atoms with Crippen molar-refractivity contribution < 1.29 is 23.0 Å². The number of aliphatic hydroxyl groups is 1. The van der Waals surface area contributed by atoms with Gasteiger partial charge in [0.05, 0.1) is 13.7 Å². The normalized spacial score (nSPS) is 22.2. The molecule has 3 rings (SSSR count). The first-order chi connectivity index (χ1) is 14.7. The van der Waals surface area contributed by atoms with E-state index in [-0.39, 0.29) is 30.1 Å². The Hall–Kier alpha value is -2.13. The predicted octanol–water partition coefficient (Wildman–Crippen LogP) is 2.69. The van der Waals surface area contributed by atoms with Crippen molar-refractivity contribution in [2.24, 2.45) is 5.92 Å². The molecule has 3 atom stereocenters. The zero-order chi connectivity index (χ0) is 22.8. The molecule has 1 N–H and O–H groups in total. The number of hydrogen-bond donors (Lipinski definition) is 1. The lowest BCUT2D eigenvalue weighted by Gasteiger charge is -2.37. The van der Waals surface area contributed by atoms with Gasteiger partial charge in [0, 0.05) is 25.0 Å². The van der Waals surface area contributed by atoms with Gasteiger partial charge in [0.15, 0.2) is 0 Å². The van der Waals surface area contributed by atoms with Crippen LogP contribution in [0.1, 0.15) is 13.8 Å². The maximum atomic E-state index is 13.5. The summed E-state index contributed by atoms with van der Waals surface area (Å²) in [6.07, 6.45) is -0.210. The number of benzene rings is 2. The molecule has 0 bridgehead atoms. The van der Waals surface area contributed by atoms with Crippen molar-refractivity contribution in [1.82, 2.24) is 9.21 Å². The second-order valence-electron chi connectivity index (χ2n) is 8.40. The van der Waals surface area contributed by atoms with E-state index in [1.165, 1.54) is 4.31 Å². The third-order valence-corrected chi connectivity index (χ3v) is 7.63. The fourth-order valence-corrected chi connectivity index (χ4v) is 5.61. The number of nitrogens with zero attached hydrogens (tertiary/aromatic N) is 2. The van der Waals surface area contributed by atoms with Gasteiger partial charge in [-0.15, -0.1) is 0 Å². The van der Waals surface area contributed by atoms with E-state index in [1.807, 2.05) is 50.2 Å². The Labute approximate surface area is 185 Å². The predicted molar refractivity (Wildman–Crippen MR) is 121 cm³/mol. The molecule has 2 aromatic carbocycles. The largest absolute Gasteiger partial charge is 0.497 e. The van der Waals surface area contributed by atoms with Crippen LogP contribution in [-0.2, 0) is 10.0 Å².